The molecule has 0 spiro atoms. The normalized spacial score (nSPS) is 10.3. The van der Waals surface area contributed by atoms with Crippen LogP contribution in [0.5, 0.6) is 0 Å². The highest BCUT2D eigenvalue weighted by Crippen LogP contribution is 2.18. The van der Waals surface area contributed by atoms with E-state index in [1.165, 1.54) is 6.26 Å². The van der Waals surface area contributed by atoms with Gasteiger partial charge in [0.1, 0.15) is 11.3 Å². The largest absolute Gasteiger partial charge is 0.478 e. The van der Waals surface area contributed by atoms with Crippen LogP contribution in [0, 0.1) is 0 Å². The van der Waals surface area contributed by atoms with Crippen molar-refractivity contribution < 1.29 is 19.4 Å². The van der Waals surface area contributed by atoms with Crippen molar-refractivity contribution in [2.75, 3.05) is 0 Å². The number of aryl methyl sites for hydroxylation is 1. The Kier molecular flexibility index (Phi) is 3.08. The third-order valence-corrected chi connectivity index (χ3v) is 1.80. The summed E-state index contributed by atoms with van der Waals surface area (Å²) < 4.78 is 5.05. The van der Waals surface area contributed by atoms with Gasteiger partial charge in [-0.05, 0) is 6.42 Å². The van der Waals surface area contributed by atoms with E-state index in [9.17, 15) is 4.79 Å². The Hall–Kier alpha value is -1.29. The minimum Gasteiger partial charge on any atom is -0.478 e. The smallest absolute Gasteiger partial charge is 0.339 e. The van der Waals surface area contributed by atoms with Crippen molar-refractivity contribution in [3.05, 3.63) is 23.2 Å². The van der Waals surface area contributed by atoms with Crippen molar-refractivity contribution in [1.82, 2.24) is 0 Å². The van der Waals surface area contributed by atoms with Crippen molar-refractivity contribution in [3.63, 3.8) is 0 Å². The van der Waals surface area contributed by atoms with Gasteiger partial charge in [0.2, 0.25) is 0 Å². The molecule has 0 saturated heterocycles. The third kappa shape index (κ3) is 1.89. The van der Waals surface area contributed by atoms with Crippen LogP contribution < -0.4 is 0 Å². The molecule has 0 radical (unpaired) electrons. The standard InChI is InChI=1S/C9H12O4/c1-2-3-7-8(9(11)12)6(4-10)5-13-7/h5,10H,2-4H2,1H3,(H,11,12). The molecule has 1 aromatic rings. The fraction of sp³-hybridized carbons (Fsp3) is 0.444. The monoisotopic (exact) mass is 184 g/mol. The molecule has 4 heteroatoms. The molecule has 72 valence electrons. The highest BCUT2D eigenvalue weighted by atomic mass is 16.4. The molecule has 0 saturated carbocycles. The molecule has 0 atom stereocenters. The summed E-state index contributed by atoms with van der Waals surface area (Å²) >= 11 is 0. The molecule has 13 heavy (non-hydrogen) atoms. The number of furan rings is 1. The van der Waals surface area contributed by atoms with E-state index in [0.717, 1.165) is 6.42 Å². The number of aliphatic hydroxyl groups excluding tert-OH is 1. The van der Waals surface area contributed by atoms with Crippen LogP contribution in [0.25, 0.3) is 0 Å². The first-order valence-electron chi connectivity index (χ1n) is 4.14. The summed E-state index contributed by atoms with van der Waals surface area (Å²) in [5.74, 6) is -0.597. The fourth-order valence-corrected chi connectivity index (χ4v) is 1.22. The van der Waals surface area contributed by atoms with Gasteiger partial charge in [-0.1, -0.05) is 6.92 Å². The SMILES string of the molecule is CCCc1occ(CO)c1C(=O)O. The maximum absolute atomic E-state index is 10.8. The zero-order valence-electron chi connectivity index (χ0n) is 7.41. The van der Waals surface area contributed by atoms with Gasteiger partial charge in [0, 0.05) is 12.0 Å². The summed E-state index contributed by atoms with van der Waals surface area (Å²) in [6.45, 7) is 1.64. The zero-order chi connectivity index (χ0) is 9.84. The number of rotatable bonds is 4. The van der Waals surface area contributed by atoms with Gasteiger partial charge in [-0.25, -0.2) is 4.79 Å². The van der Waals surface area contributed by atoms with Gasteiger partial charge in [0.25, 0.3) is 0 Å². The maximum Gasteiger partial charge on any atom is 0.339 e. The average molecular weight is 184 g/mol. The van der Waals surface area contributed by atoms with E-state index in [-0.39, 0.29) is 12.2 Å². The van der Waals surface area contributed by atoms with Crippen LogP contribution in [-0.2, 0) is 13.0 Å². The average Bonchev–Trinajstić information content (AvgIpc) is 2.48. The Morgan fingerprint density at radius 2 is 2.31 bits per heavy atom. The maximum atomic E-state index is 10.8. The lowest BCUT2D eigenvalue weighted by Gasteiger charge is -1.96. The second-order valence-electron chi connectivity index (χ2n) is 2.77. The van der Waals surface area contributed by atoms with Gasteiger partial charge in [-0.15, -0.1) is 0 Å². The van der Waals surface area contributed by atoms with E-state index in [2.05, 4.69) is 0 Å². The van der Waals surface area contributed by atoms with Gasteiger partial charge in [-0.3, -0.25) is 0 Å². The van der Waals surface area contributed by atoms with E-state index in [0.29, 0.717) is 17.7 Å². The topological polar surface area (TPSA) is 70.7 Å². The first kappa shape index (κ1) is 9.80. The lowest BCUT2D eigenvalue weighted by molar-refractivity contribution is 0.0691. The zero-order valence-corrected chi connectivity index (χ0v) is 7.41. The van der Waals surface area contributed by atoms with Crippen molar-refractivity contribution in [2.45, 2.75) is 26.4 Å². The van der Waals surface area contributed by atoms with Gasteiger partial charge in [0.05, 0.1) is 12.9 Å². The predicted octanol–water partition coefficient (Wildman–Crippen LogP) is 1.42. The molecule has 1 aromatic heterocycles. The molecule has 1 heterocycles. The van der Waals surface area contributed by atoms with Crippen LogP contribution in [0.4, 0.5) is 0 Å². The van der Waals surface area contributed by atoms with Crippen molar-refractivity contribution in [1.29, 1.82) is 0 Å². The minimum atomic E-state index is -1.04. The van der Waals surface area contributed by atoms with Crippen LogP contribution in [0.2, 0.25) is 0 Å². The van der Waals surface area contributed by atoms with E-state index in [4.69, 9.17) is 14.6 Å². The summed E-state index contributed by atoms with van der Waals surface area (Å²) in [6.07, 6.45) is 2.70. The van der Waals surface area contributed by atoms with E-state index >= 15 is 0 Å². The summed E-state index contributed by atoms with van der Waals surface area (Å²) in [5.41, 5.74) is 0.459. The molecule has 0 aliphatic carbocycles. The number of hydrogen-bond donors (Lipinski definition) is 2. The molecular formula is C9H12O4. The number of carboxylic acid groups (broad SMARTS) is 1. The molecule has 0 aliphatic rings. The van der Waals surface area contributed by atoms with Gasteiger partial charge in [0.15, 0.2) is 0 Å². The van der Waals surface area contributed by atoms with Crippen LogP contribution in [0.15, 0.2) is 10.7 Å². The second-order valence-corrected chi connectivity index (χ2v) is 2.77. The van der Waals surface area contributed by atoms with Gasteiger partial charge < -0.3 is 14.6 Å². The highest BCUT2D eigenvalue weighted by Gasteiger charge is 2.18. The molecule has 0 aliphatic heterocycles. The van der Waals surface area contributed by atoms with E-state index in [1.54, 1.807) is 0 Å². The second kappa shape index (κ2) is 4.09. The first-order valence-corrected chi connectivity index (χ1v) is 4.14. The molecule has 4 nitrogen and oxygen atoms in total. The van der Waals surface area contributed by atoms with Crippen molar-refractivity contribution in [3.8, 4) is 0 Å². The number of hydrogen-bond acceptors (Lipinski definition) is 3. The summed E-state index contributed by atoms with van der Waals surface area (Å²) in [7, 11) is 0. The van der Waals surface area contributed by atoms with Crippen molar-refractivity contribution in [2.24, 2.45) is 0 Å². The summed E-state index contributed by atoms with van der Waals surface area (Å²) in [5, 5.41) is 17.6. The Labute approximate surface area is 75.8 Å². The Morgan fingerprint density at radius 3 is 2.77 bits per heavy atom. The van der Waals surface area contributed by atoms with Crippen LogP contribution in [0.3, 0.4) is 0 Å². The summed E-state index contributed by atoms with van der Waals surface area (Å²) in [4.78, 5) is 10.8. The van der Waals surface area contributed by atoms with E-state index in [1.807, 2.05) is 6.92 Å². The molecule has 2 N–H and O–H groups in total. The molecular weight excluding hydrogens is 172 g/mol. The molecule has 1 rings (SSSR count). The predicted molar refractivity (Wildman–Crippen MR) is 45.6 cm³/mol. The fourth-order valence-electron chi connectivity index (χ4n) is 1.22. The number of aromatic carboxylic acids is 1. The Morgan fingerprint density at radius 1 is 1.62 bits per heavy atom. The molecule has 0 fully saturated rings. The number of aliphatic hydroxyl groups is 1. The first-order chi connectivity index (χ1) is 6.20. The lowest BCUT2D eigenvalue weighted by Crippen LogP contribution is -2.02. The van der Waals surface area contributed by atoms with Crippen molar-refractivity contribution >= 4 is 5.97 Å². The van der Waals surface area contributed by atoms with Crippen LogP contribution >= 0.6 is 0 Å². The van der Waals surface area contributed by atoms with Crippen LogP contribution in [0.1, 0.15) is 35.0 Å². The number of carboxylic acids is 1. The lowest BCUT2D eigenvalue weighted by atomic mass is 10.1. The number of carbonyl (C=O) groups is 1. The highest BCUT2D eigenvalue weighted by molar-refractivity contribution is 5.90. The Balaban J connectivity index is 3.06. The minimum absolute atomic E-state index is 0.115. The summed E-state index contributed by atoms with van der Waals surface area (Å²) in [6, 6.07) is 0. The molecule has 0 bridgehead atoms. The Bertz CT molecular complexity index is 301. The van der Waals surface area contributed by atoms with Crippen LogP contribution in [-0.4, -0.2) is 16.2 Å². The quantitative estimate of drug-likeness (QED) is 0.742. The van der Waals surface area contributed by atoms with E-state index < -0.39 is 5.97 Å². The van der Waals surface area contributed by atoms with Gasteiger partial charge >= 0.3 is 5.97 Å². The molecule has 0 aromatic carbocycles. The van der Waals surface area contributed by atoms with Gasteiger partial charge in [-0.2, -0.15) is 0 Å². The molecule has 0 unspecified atom stereocenters. The molecule has 0 amide bonds. The third-order valence-electron chi connectivity index (χ3n) is 1.80.